The van der Waals surface area contributed by atoms with Gasteiger partial charge in [0.05, 0.1) is 11.1 Å². The van der Waals surface area contributed by atoms with Crippen molar-refractivity contribution in [2.24, 2.45) is 0 Å². The fraction of sp³-hybridized carbons (Fsp3) is 0.273. The first-order chi connectivity index (χ1) is 6.86. The number of benzene rings is 1. The van der Waals surface area contributed by atoms with Crippen LogP contribution in [-0.2, 0) is 0 Å². The highest BCUT2D eigenvalue weighted by Gasteiger charge is 2.19. The molecule has 15 heavy (non-hydrogen) atoms. The van der Waals surface area contributed by atoms with E-state index in [1.165, 1.54) is 20.8 Å². The van der Waals surface area contributed by atoms with Crippen molar-refractivity contribution in [1.82, 2.24) is 0 Å². The number of hydrogen-bond donors (Lipinski definition) is 2. The molecule has 2 N–H and O–H groups in total. The molecule has 0 aliphatic carbocycles. The number of phenols is 2. The molecule has 1 rings (SSSR count). The first-order valence-electron chi connectivity index (χ1n) is 4.43. The molecule has 0 spiro atoms. The highest BCUT2D eigenvalue weighted by Crippen LogP contribution is 2.32. The largest absolute Gasteiger partial charge is 0.507 e. The van der Waals surface area contributed by atoms with E-state index in [-0.39, 0.29) is 34.2 Å². The summed E-state index contributed by atoms with van der Waals surface area (Å²) in [6.45, 7) is 4.11. The second-order valence-corrected chi connectivity index (χ2v) is 3.40. The number of carbonyl (C=O) groups excluding carboxylic acids is 2. The zero-order valence-corrected chi connectivity index (χ0v) is 8.79. The van der Waals surface area contributed by atoms with Crippen molar-refractivity contribution in [3.8, 4) is 11.5 Å². The monoisotopic (exact) mass is 208 g/mol. The van der Waals surface area contributed by atoms with Crippen molar-refractivity contribution in [1.29, 1.82) is 0 Å². The molecule has 0 aliphatic heterocycles. The van der Waals surface area contributed by atoms with Crippen LogP contribution in [0.15, 0.2) is 6.07 Å². The molecular weight excluding hydrogens is 196 g/mol. The molecule has 80 valence electrons. The fourth-order valence-electron chi connectivity index (χ4n) is 1.67. The van der Waals surface area contributed by atoms with Crippen LogP contribution in [0.1, 0.15) is 40.1 Å². The molecule has 0 aromatic heterocycles. The summed E-state index contributed by atoms with van der Waals surface area (Å²) in [6, 6.07) is 1.01. The minimum Gasteiger partial charge on any atom is -0.507 e. The third-order valence-electron chi connectivity index (χ3n) is 2.24. The Morgan fingerprint density at radius 1 is 1.00 bits per heavy atom. The first-order valence-corrected chi connectivity index (χ1v) is 4.43. The van der Waals surface area contributed by atoms with Crippen LogP contribution in [-0.4, -0.2) is 21.8 Å². The van der Waals surface area contributed by atoms with E-state index in [2.05, 4.69) is 0 Å². The molecule has 0 saturated carbocycles. The summed E-state index contributed by atoms with van der Waals surface area (Å²) < 4.78 is 0. The third kappa shape index (κ3) is 1.83. The maximum atomic E-state index is 11.2. The molecule has 0 aliphatic rings. The highest BCUT2D eigenvalue weighted by atomic mass is 16.3. The van der Waals surface area contributed by atoms with Gasteiger partial charge in [0.1, 0.15) is 11.5 Å². The highest BCUT2D eigenvalue weighted by molar-refractivity contribution is 6.05. The standard InChI is InChI=1S/C11H12O4/c1-5-10(6(2)12)8(14)4-9(15)11(5)7(3)13/h4,14-15H,1-3H3. The van der Waals surface area contributed by atoms with Gasteiger partial charge in [0, 0.05) is 6.07 Å². The number of aromatic hydroxyl groups is 2. The van der Waals surface area contributed by atoms with Crippen molar-refractivity contribution in [2.75, 3.05) is 0 Å². The summed E-state index contributed by atoms with van der Waals surface area (Å²) in [5, 5.41) is 18.9. The van der Waals surface area contributed by atoms with Gasteiger partial charge in [-0.3, -0.25) is 9.59 Å². The number of rotatable bonds is 2. The van der Waals surface area contributed by atoms with Crippen molar-refractivity contribution < 1.29 is 19.8 Å². The van der Waals surface area contributed by atoms with Crippen molar-refractivity contribution in [3.05, 3.63) is 22.8 Å². The molecule has 0 unspecified atom stereocenters. The summed E-state index contributed by atoms with van der Waals surface area (Å²) in [7, 11) is 0. The van der Waals surface area contributed by atoms with Gasteiger partial charge in [-0.05, 0) is 26.3 Å². The summed E-state index contributed by atoms with van der Waals surface area (Å²) >= 11 is 0. The van der Waals surface area contributed by atoms with Crippen LogP contribution in [0.4, 0.5) is 0 Å². The van der Waals surface area contributed by atoms with E-state index in [1.54, 1.807) is 0 Å². The lowest BCUT2D eigenvalue weighted by molar-refractivity contribution is 0.101. The van der Waals surface area contributed by atoms with Gasteiger partial charge in [0.2, 0.25) is 0 Å². The summed E-state index contributed by atoms with van der Waals surface area (Å²) in [4.78, 5) is 22.4. The number of carbonyl (C=O) groups is 2. The predicted octanol–water partition coefficient (Wildman–Crippen LogP) is 1.81. The number of Topliss-reactive ketones (excluding diaryl/α,β-unsaturated/α-hetero) is 2. The maximum absolute atomic E-state index is 11.2. The minimum atomic E-state index is -0.340. The van der Waals surface area contributed by atoms with Gasteiger partial charge in [-0.1, -0.05) is 0 Å². The zero-order valence-electron chi connectivity index (χ0n) is 8.79. The van der Waals surface area contributed by atoms with Crippen LogP contribution in [0.25, 0.3) is 0 Å². The molecule has 4 heteroatoms. The lowest BCUT2D eigenvalue weighted by Crippen LogP contribution is -2.04. The molecule has 0 atom stereocenters. The van der Waals surface area contributed by atoms with Gasteiger partial charge in [-0.2, -0.15) is 0 Å². The fourth-order valence-corrected chi connectivity index (χ4v) is 1.67. The van der Waals surface area contributed by atoms with Crippen molar-refractivity contribution in [3.63, 3.8) is 0 Å². The summed E-state index contributed by atoms with van der Waals surface area (Å²) in [6.07, 6.45) is 0. The van der Waals surface area contributed by atoms with Crippen LogP contribution in [0.2, 0.25) is 0 Å². The second-order valence-electron chi connectivity index (χ2n) is 3.40. The smallest absolute Gasteiger partial charge is 0.163 e. The molecule has 1 aromatic rings. The number of ketones is 2. The van der Waals surface area contributed by atoms with Crippen molar-refractivity contribution >= 4 is 11.6 Å². The Labute approximate surface area is 87.2 Å². The number of hydrogen-bond acceptors (Lipinski definition) is 4. The molecule has 4 nitrogen and oxygen atoms in total. The average molecular weight is 208 g/mol. The lowest BCUT2D eigenvalue weighted by Gasteiger charge is -2.10. The van der Waals surface area contributed by atoms with E-state index in [1.807, 2.05) is 0 Å². The third-order valence-corrected chi connectivity index (χ3v) is 2.24. The van der Waals surface area contributed by atoms with Gasteiger partial charge < -0.3 is 10.2 Å². The van der Waals surface area contributed by atoms with E-state index in [0.29, 0.717) is 5.56 Å². The molecule has 0 bridgehead atoms. The Morgan fingerprint density at radius 3 is 1.60 bits per heavy atom. The van der Waals surface area contributed by atoms with Crippen molar-refractivity contribution in [2.45, 2.75) is 20.8 Å². The van der Waals surface area contributed by atoms with E-state index < -0.39 is 0 Å². The van der Waals surface area contributed by atoms with E-state index in [4.69, 9.17) is 0 Å². The molecule has 0 amide bonds. The topological polar surface area (TPSA) is 74.6 Å². The summed E-state index contributed by atoms with van der Waals surface area (Å²) in [5.74, 6) is -1.29. The quantitative estimate of drug-likeness (QED) is 0.727. The molecule has 0 fully saturated rings. The van der Waals surface area contributed by atoms with Gasteiger partial charge in [0.15, 0.2) is 11.6 Å². The molecule has 1 aromatic carbocycles. The molecule has 0 saturated heterocycles. The molecular formula is C11H12O4. The van der Waals surface area contributed by atoms with Gasteiger partial charge >= 0.3 is 0 Å². The normalized spacial score (nSPS) is 10.1. The van der Waals surface area contributed by atoms with E-state index >= 15 is 0 Å². The second kappa shape index (κ2) is 3.73. The molecule has 0 radical (unpaired) electrons. The Kier molecular flexibility index (Phi) is 2.79. The Bertz CT molecular complexity index is 408. The number of phenolic OH excluding ortho intramolecular Hbond substituents is 2. The van der Waals surface area contributed by atoms with Crippen LogP contribution in [0, 0.1) is 6.92 Å². The average Bonchev–Trinajstić information content (AvgIpc) is 1.99. The Hall–Kier alpha value is -1.84. The van der Waals surface area contributed by atoms with E-state index in [9.17, 15) is 19.8 Å². The van der Waals surface area contributed by atoms with Crippen LogP contribution >= 0.6 is 0 Å². The predicted molar refractivity (Wildman–Crippen MR) is 54.5 cm³/mol. The zero-order chi connectivity index (χ0) is 11.7. The van der Waals surface area contributed by atoms with Crippen LogP contribution < -0.4 is 0 Å². The van der Waals surface area contributed by atoms with E-state index in [0.717, 1.165) is 6.07 Å². The van der Waals surface area contributed by atoms with Gasteiger partial charge in [0.25, 0.3) is 0 Å². The van der Waals surface area contributed by atoms with Crippen LogP contribution in [0.3, 0.4) is 0 Å². The lowest BCUT2D eigenvalue weighted by atomic mass is 9.96. The summed E-state index contributed by atoms with van der Waals surface area (Å²) in [5.41, 5.74) is 0.475. The minimum absolute atomic E-state index is 0.0815. The SMILES string of the molecule is CC(=O)c1c(O)cc(O)c(C(C)=O)c1C. The maximum Gasteiger partial charge on any atom is 0.163 e. The van der Waals surface area contributed by atoms with Gasteiger partial charge in [-0.25, -0.2) is 0 Å². The first kappa shape index (κ1) is 11.2. The molecule has 0 heterocycles. The Morgan fingerprint density at radius 2 is 1.33 bits per heavy atom. The van der Waals surface area contributed by atoms with Gasteiger partial charge in [-0.15, -0.1) is 0 Å². The Balaban J connectivity index is 3.64. The van der Waals surface area contributed by atoms with Crippen LogP contribution in [0.5, 0.6) is 11.5 Å².